The Morgan fingerprint density at radius 1 is 0.235 bits per heavy atom. The van der Waals surface area contributed by atoms with Gasteiger partial charge in [-0.15, -0.1) is 0 Å². The van der Waals surface area contributed by atoms with Gasteiger partial charge in [0, 0.05) is 22.5 Å². The third-order valence-electron chi connectivity index (χ3n) is 13.3. The monoisotopic (exact) mass is 866 g/mol. The molecule has 2 heterocycles. The van der Waals surface area contributed by atoms with Crippen molar-refractivity contribution >= 4 is 43.6 Å². The molecule has 0 saturated heterocycles. The molecule has 0 amide bonds. The van der Waals surface area contributed by atoms with Crippen LogP contribution in [0.3, 0.4) is 0 Å². The number of aromatic nitrogens is 4. The third kappa shape index (κ3) is 6.69. The van der Waals surface area contributed by atoms with Gasteiger partial charge in [0.25, 0.3) is 0 Å². The van der Waals surface area contributed by atoms with Crippen LogP contribution in [-0.4, -0.2) is 19.1 Å². The van der Waals surface area contributed by atoms with Crippen LogP contribution in [0.4, 0.5) is 0 Å². The van der Waals surface area contributed by atoms with E-state index in [9.17, 15) is 0 Å². The number of para-hydroxylation sites is 2. The summed E-state index contributed by atoms with van der Waals surface area (Å²) >= 11 is 0. The summed E-state index contributed by atoms with van der Waals surface area (Å²) < 4.78 is 4.54. The van der Waals surface area contributed by atoms with Crippen LogP contribution in [-0.2, 0) is 0 Å². The first kappa shape index (κ1) is 39.3. The van der Waals surface area contributed by atoms with Crippen molar-refractivity contribution in [2.45, 2.75) is 0 Å². The van der Waals surface area contributed by atoms with Crippen LogP contribution in [0.25, 0.3) is 122 Å². The summed E-state index contributed by atoms with van der Waals surface area (Å²) in [6, 6.07) is 91.2. The number of fused-ring (bicyclic) bond motifs is 4. The Morgan fingerprint density at radius 2 is 0.544 bits per heavy atom. The smallest absolute Gasteiger partial charge is 0.145 e. The zero-order valence-corrected chi connectivity index (χ0v) is 37.0. The summed E-state index contributed by atoms with van der Waals surface area (Å²) in [4.78, 5) is 10.6. The third-order valence-corrected chi connectivity index (χ3v) is 13.3. The highest BCUT2D eigenvalue weighted by Gasteiger charge is 2.21. The minimum Gasteiger partial charge on any atom is -0.292 e. The highest BCUT2D eigenvalue weighted by molar-refractivity contribution is 6.22. The van der Waals surface area contributed by atoms with E-state index in [0.717, 1.165) is 78.5 Å². The van der Waals surface area contributed by atoms with Crippen LogP contribution in [0.1, 0.15) is 0 Å². The van der Waals surface area contributed by atoms with E-state index in [1.54, 1.807) is 0 Å². The van der Waals surface area contributed by atoms with Crippen LogP contribution < -0.4 is 0 Å². The summed E-state index contributed by atoms with van der Waals surface area (Å²) in [6.45, 7) is 0. The first-order valence-corrected chi connectivity index (χ1v) is 23.2. The van der Waals surface area contributed by atoms with E-state index in [4.69, 9.17) is 9.97 Å². The SMILES string of the molecule is c1ccc(-c2c3ccc(-c4ccc5c(c4)nc(-c4ccccc4)n5-c4ccccc4)cc3c(-c3ccccc3)c3ccc(-c4ccc5c(c4)nc(-c4ccccc4)n5-c4ccccc4)cc23)cc1. The van der Waals surface area contributed by atoms with Crippen LogP contribution in [0.5, 0.6) is 0 Å². The molecule has 0 aliphatic rings. The van der Waals surface area contributed by atoms with Gasteiger partial charge in [-0.25, -0.2) is 9.97 Å². The molecule has 4 heteroatoms. The summed E-state index contributed by atoms with van der Waals surface area (Å²) in [5, 5.41) is 4.81. The zero-order valence-electron chi connectivity index (χ0n) is 37.0. The molecule has 0 spiro atoms. The van der Waals surface area contributed by atoms with Crippen LogP contribution in [0.15, 0.2) is 255 Å². The highest BCUT2D eigenvalue weighted by atomic mass is 15.1. The maximum absolute atomic E-state index is 5.31. The summed E-state index contributed by atoms with van der Waals surface area (Å²) in [6.07, 6.45) is 0. The van der Waals surface area contributed by atoms with Crippen molar-refractivity contribution in [2.24, 2.45) is 0 Å². The fourth-order valence-electron chi connectivity index (χ4n) is 10.2. The molecule has 11 aromatic carbocycles. The lowest BCUT2D eigenvalue weighted by atomic mass is 9.84. The normalized spacial score (nSPS) is 11.5. The summed E-state index contributed by atoms with van der Waals surface area (Å²) in [5.74, 6) is 1.84. The van der Waals surface area contributed by atoms with Crippen molar-refractivity contribution in [3.63, 3.8) is 0 Å². The number of benzene rings is 11. The molecule has 0 fully saturated rings. The van der Waals surface area contributed by atoms with Gasteiger partial charge in [0.2, 0.25) is 0 Å². The van der Waals surface area contributed by atoms with Gasteiger partial charge in [-0.05, 0) is 127 Å². The maximum atomic E-state index is 5.31. The molecule has 0 saturated carbocycles. The quantitative estimate of drug-likeness (QED) is 0.143. The minimum atomic E-state index is 0.922. The molecule has 13 rings (SSSR count). The van der Waals surface area contributed by atoms with Crippen LogP contribution in [0, 0.1) is 0 Å². The van der Waals surface area contributed by atoms with Crippen molar-refractivity contribution in [3.05, 3.63) is 255 Å². The van der Waals surface area contributed by atoms with E-state index in [-0.39, 0.29) is 0 Å². The van der Waals surface area contributed by atoms with Crippen LogP contribution in [0.2, 0.25) is 0 Å². The Labute approximate surface area is 394 Å². The van der Waals surface area contributed by atoms with Crippen molar-refractivity contribution in [3.8, 4) is 78.7 Å². The lowest BCUT2D eigenvalue weighted by molar-refractivity contribution is 1.10. The number of hydrogen-bond donors (Lipinski definition) is 0. The first-order chi connectivity index (χ1) is 33.7. The predicted molar refractivity (Wildman–Crippen MR) is 283 cm³/mol. The molecule has 2 aromatic heterocycles. The molecule has 0 radical (unpaired) electrons. The summed E-state index contributed by atoms with van der Waals surface area (Å²) in [5.41, 5.74) is 17.7. The van der Waals surface area contributed by atoms with Gasteiger partial charge in [-0.1, -0.05) is 194 Å². The lowest BCUT2D eigenvalue weighted by Crippen LogP contribution is -1.97. The van der Waals surface area contributed by atoms with E-state index in [0.29, 0.717) is 0 Å². The van der Waals surface area contributed by atoms with Gasteiger partial charge in [-0.2, -0.15) is 0 Å². The van der Waals surface area contributed by atoms with Gasteiger partial charge in [0.05, 0.1) is 22.1 Å². The van der Waals surface area contributed by atoms with Crippen molar-refractivity contribution in [1.29, 1.82) is 0 Å². The Kier molecular flexibility index (Phi) is 9.47. The van der Waals surface area contributed by atoms with E-state index in [1.165, 1.54) is 43.8 Å². The molecule has 0 aliphatic carbocycles. The number of imidazole rings is 2. The minimum absolute atomic E-state index is 0.922. The fraction of sp³-hybridized carbons (Fsp3) is 0. The lowest BCUT2D eigenvalue weighted by Gasteiger charge is -2.19. The van der Waals surface area contributed by atoms with Crippen LogP contribution >= 0.6 is 0 Å². The van der Waals surface area contributed by atoms with E-state index in [1.807, 2.05) is 0 Å². The maximum Gasteiger partial charge on any atom is 0.145 e. The Morgan fingerprint density at radius 3 is 0.912 bits per heavy atom. The molecule has 0 atom stereocenters. The molecule has 0 bridgehead atoms. The molecule has 68 heavy (non-hydrogen) atoms. The van der Waals surface area contributed by atoms with E-state index in [2.05, 4.69) is 264 Å². The van der Waals surface area contributed by atoms with E-state index < -0.39 is 0 Å². The van der Waals surface area contributed by atoms with E-state index >= 15 is 0 Å². The van der Waals surface area contributed by atoms with Crippen molar-refractivity contribution in [1.82, 2.24) is 19.1 Å². The van der Waals surface area contributed by atoms with Crippen molar-refractivity contribution in [2.75, 3.05) is 0 Å². The first-order valence-electron chi connectivity index (χ1n) is 23.2. The molecule has 0 aliphatic heterocycles. The van der Waals surface area contributed by atoms with Gasteiger partial charge in [0.15, 0.2) is 0 Å². The largest absolute Gasteiger partial charge is 0.292 e. The van der Waals surface area contributed by atoms with Gasteiger partial charge >= 0.3 is 0 Å². The Hall–Kier alpha value is -9.12. The molecule has 4 nitrogen and oxygen atoms in total. The number of hydrogen-bond acceptors (Lipinski definition) is 2. The molecule has 0 N–H and O–H groups in total. The molecule has 13 aromatic rings. The Balaban J connectivity index is 1.01. The number of rotatable bonds is 8. The predicted octanol–water partition coefficient (Wildman–Crippen LogP) is 16.7. The molecule has 0 unspecified atom stereocenters. The molecular weight excluding hydrogens is 825 g/mol. The van der Waals surface area contributed by atoms with Gasteiger partial charge < -0.3 is 0 Å². The van der Waals surface area contributed by atoms with Gasteiger partial charge in [-0.3, -0.25) is 9.13 Å². The second-order valence-corrected chi connectivity index (χ2v) is 17.4. The average molecular weight is 867 g/mol. The zero-order chi connectivity index (χ0) is 45.0. The summed E-state index contributed by atoms with van der Waals surface area (Å²) in [7, 11) is 0. The topological polar surface area (TPSA) is 35.6 Å². The average Bonchev–Trinajstić information content (AvgIpc) is 4.00. The second kappa shape index (κ2) is 16.4. The molecule has 318 valence electrons. The Bertz CT molecular complexity index is 3710. The number of nitrogens with zero attached hydrogens (tertiary/aromatic N) is 4. The highest BCUT2D eigenvalue weighted by Crippen LogP contribution is 2.46. The standard InChI is InChI=1S/C64H42N4/c1-7-19-43(20-8-1)61-53-35-31-48(50-34-38-60-58(42-50)66-64(46-25-13-4-14-26-46)68(60)52-29-17-6-18-30-52)40-56(53)62(44-21-9-2-10-22-44)54-36-32-47(39-55(54)61)49-33-37-59-57(41-49)65-63(45-23-11-3-12-24-45)67(59)51-27-15-5-16-28-51/h1-42H. The van der Waals surface area contributed by atoms with Crippen molar-refractivity contribution < 1.29 is 0 Å². The fourth-order valence-corrected chi connectivity index (χ4v) is 10.2. The second-order valence-electron chi connectivity index (χ2n) is 17.4. The van der Waals surface area contributed by atoms with Gasteiger partial charge in [0.1, 0.15) is 11.6 Å². The molecular formula is C64H42N4.